The molecule has 0 unspecified atom stereocenters. The molecular weight excluding hydrogens is 352 g/mol. The van der Waals surface area contributed by atoms with Gasteiger partial charge in [-0.15, -0.1) is 0 Å². The summed E-state index contributed by atoms with van der Waals surface area (Å²) in [7, 11) is 3.92. The number of anilines is 2. The molecule has 2 heterocycles. The Labute approximate surface area is 166 Å². The summed E-state index contributed by atoms with van der Waals surface area (Å²) in [5.41, 5.74) is 9.85. The number of nitrogens with zero attached hydrogens (tertiary/aromatic N) is 5. The Kier molecular flexibility index (Phi) is 6.13. The molecule has 0 aliphatic heterocycles. The van der Waals surface area contributed by atoms with Gasteiger partial charge in [-0.2, -0.15) is 10.1 Å². The summed E-state index contributed by atoms with van der Waals surface area (Å²) < 4.78 is 7.71. The number of aryl methyl sites for hydroxylation is 3. The predicted octanol–water partition coefficient (Wildman–Crippen LogP) is 3.24. The van der Waals surface area contributed by atoms with E-state index in [9.17, 15) is 0 Å². The molecule has 0 atom stereocenters. The normalized spacial score (nSPS) is 10.9. The summed E-state index contributed by atoms with van der Waals surface area (Å²) in [6.45, 7) is 5.57. The van der Waals surface area contributed by atoms with Crippen LogP contribution in [-0.4, -0.2) is 39.9 Å². The Balaban J connectivity index is 1.65. The second-order valence-corrected chi connectivity index (χ2v) is 6.86. The van der Waals surface area contributed by atoms with Gasteiger partial charge in [0.05, 0.1) is 23.7 Å². The lowest BCUT2D eigenvalue weighted by atomic mass is 10.2. The van der Waals surface area contributed by atoms with Crippen molar-refractivity contribution in [2.75, 3.05) is 30.8 Å². The Morgan fingerprint density at radius 3 is 2.68 bits per heavy atom. The van der Waals surface area contributed by atoms with Gasteiger partial charge in [0.25, 0.3) is 0 Å². The Hall–Kier alpha value is -3.09. The molecule has 0 fully saturated rings. The lowest BCUT2D eigenvalue weighted by Gasteiger charge is -2.19. The predicted molar refractivity (Wildman–Crippen MR) is 113 cm³/mol. The number of rotatable bonds is 8. The quantitative estimate of drug-likeness (QED) is 0.604. The number of nitrogen functional groups attached to an aromatic ring is 1. The van der Waals surface area contributed by atoms with Gasteiger partial charge in [0.15, 0.2) is 0 Å². The van der Waals surface area contributed by atoms with E-state index in [1.54, 1.807) is 0 Å². The maximum atomic E-state index is 5.97. The Morgan fingerprint density at radius 1 is 1.18 bits per heavy atom. The third-order valence-electron chi connectivity index (χ3n) is 4.67. The molecule has 1 aromatic carbocycles. The van der Waals surface area contributed by atoms with Crippen LogP contribution in [0.15, 0.2) is 36.4 Å². The van der Waals surface area contributed by atoms with Crippen molar-refractivity contribution >= 4 is 11.8 Å². The van der Waals surface area contributed by atoms with E-state index < -0.39 is 0 Å². The van der Waals surface area contributed by atoms with Crippen LogP contribution in [0.4, 0.5) is 11.8 Å². The standard InChI is InChI=1S/C21H28N6O/c1-5-16-13-18(27(4)25-16)17-14-20(24-21(22)23-17)26(3)11-8-12-28-19-10-7-6-9-15(19)2/h6-7,9-10,13-14H,5,8,11-12H2,1-4H3,(H2,22,23,24). The second kappa shape index (κ2) is 8.73. The van der Waals surface area contributed by atoms with E-state index in [-0.39, 0.29) is 5.95 Å². The summed E-state index contributed by atoms with van der Waals surface area (Å²) in [4.78, 5) is 10.9. The van der Waals surface area contributed by atoms with E-state index in [0.717, 1.165) is 53.6 Å². The zero-order valence-corrected chi connectivity index (χ0v) is 17.0. The van der Waals surface area contributed by atoms with Crippen molar-refractivity contribution in [1.82, 2.24) is 19.7 Å². The molecule has 28 heavy (non-hydrogen) atoms. The molecular formula is C21H28N6O. The van der Waals surface area contributed by atoms with E-state index in [2.05, 4.69) is 39.9 Å². The zero-order valence-electron chi connectivity index (χ0n) is 17.0. The van der Waals surface area contributed by atoms with E-state index in [4.69, 9.17) is 10.5 Å². The van der Waals surface area contributed by atoms with Gasteiger partial charge in [0.2, 0.25) is 5.95 Å². The molecule has 0 saturated carbocycles. The first-order chi connectivity index (χ1) is 13.5. The van der Waals surface area contributed by atoms with Crippen LogP contribution in [0.3, 0.4) is 0 Å². The molecule has 2 N–H and O–H groups in total. The minimum absolute atomic E-state index is 0.259. The summed E-state index contributed by atoms with van der Waals surface area (Å²) in [5, 5.41) is 4.49. The molecule has 0 saturated heterocycles. The highest BCUT2D eigenvalue weighted by Gasteiger charge is 2.13. The van der Waals surface area contributed by atoms with Crippen LogP contribution in [0.1, 0.15) is 24.6 Å². The molecule has 0 aliphatic rings. The first kappa shape index (κ1) is 19.7. The topological polar surface area (TPSA) is 82.1 Å². The van der Waals surface area contributed by atoms with Crippen molar-refractivity contribution in [1.29, 1.82) is 0 Å². The van der Waals surface area contributed by atoms with Gasteiger partial charge in [-0.25, -0.2) is 4.98 Å². The van der Waals surface area contributed by atoms with Gasteiger partial charge in [-0.05, 0) is 37.5 Å². The van der Waals surface area contributed by atoms with Crippen LogP contribution < -0.4 is 15.4 Å². The number of para-hydroxylation sites is 1. The minimum Gasteiger partial charge on any atom is -0.493 e. The highest BCUT2D eigenvalue weighted by atomic mass is 16.5. The van der Waals surface area contributed by atoms with E-state index >= 15 is 0 Å². The average Bonchev–Trinajstić information content (AvgIpc) is 3.06. The largest absolute Gasteiger partial charge is 0.493 e. The number of benzene rings is 1. The van der Waals surface area contributed by atoms with Crippen LogP contribution in [0.5, 0.6) is 5.75 Å². The van der Waals surface area contributed by atoms with Crippen molar-refractivity contribution in [2.24, 2.45) is 7.05 Å². The smallest absolute Gasteiger partial charge is 0.222 e. The van der Waals surface area contributed by atoms with Gasteiger partial charge in [-0.3, -0.25) is 4.68 Å². The van der Waals surface area contributed by atoms with Gasteiger partial charge < -0.3 is 15.4 Å². The van der Waals surface area contributed by atoms with E-state index in [1.165, 1.54) is 0 Å². The van der Waals surface area contributed by atoms with Crippen LogP contribution in [-0.2, 0) is 13.5 Å². The first-order valence-corrected chi connectivity index (χ1v) is 9.55. The van der Waals surface area contributed by atoms with Crippen LogP contribution >= 0.6 is 0 Å². The monoisotopic (exact) mass is 380 g/mol. The maximum absolute atomic E-state index is 5.97. The fourth-order valence-corrected chi connectivity index (χ4v) is 3.04. The Morgan fingerprint density at radius 2 is 1.96 bits per heavy atom. The summed E-state index contributed by atoms with van der Waals surface area (Å²) >= 11 is 0. The highest BCUT2D eigenvalue weighted by Crippen LogP contribution is 2.23. The molecule has 148 valence electrons. The van der Waals surface area contributed by atoms with Gasteiger partial charge in [0, 0.05) is 26.7 Å². The first-order valence-electron chi connectivity index (χ1n) is 9.55. The highest BCUT2D eigenvalue weighted by molar-refractivity contribution is 5.61. The van der Waals surface area contributed by atoms with Crippen molar-refractivity contribution in [3.05, 3.63) is 47.7 Å². The fraction of sp³-hybridized carbons (Fsp3) is 0.381. The molecule has 0 spiro atoms. The van der Waals surface area contributed by atoms with E-state index in [1.807, 2.05) is 49.1 Å². The average molecular weight is 380 g/mol. The van der Waals surface area contributed by atoms with E-state index in [0.29, 0.717) is 6.61 Å². The SMILES string of the molecule is CCc1cc(-c2cc(N(C)CCCOc3ccccc3C)nc(N)n2)n(C)n1. The van der Waals surface area contributed by atoms with Crippen molar-refractivity contribution in [3.63, 3.8) is 0 Å². The summed E-state index contributed by atoms with van der Waals surface area (Å²) in [5.74, 6) is 1.98. The van der Waals surface area contributed by atoms with Gasteiger partial charge in [0.1, 0.15) is 11.6 Å². The Bertz CT molecular complexity index is 936. The third-order valence-corrected chi connectivity index (χ3v) is 4.67. The molecule has 7 heteroatoms. The van der Waals surface area contributed by atoms with Crippen molar-refractivity contribution in [3.8, 4) is 17.1 Å². The molecule has 3 aromatic rings. The molecule has 0 aliphatic carbocycles. The molecule has 0 radical (unpaired) electrons. The van der Waals surface area contributed by atoms with Crippen LogP contribution in [0, 0.1) is 6.92 Å². The number of nitrogens with two attached hydrogens (primary N) is 1. The zero-order chi connectivity index (χ0) is 20.1. The molecule has 0 bridgehead atoms. The van der Waals surface area contributed by atoms with Gasteiger partial charge >= 0.3 is 0 Å². The lowest BCUT2D eigenvalue weighted by molar-refractivity contribution is 0.310. The number of ether oxygens (including phenoxy) is 1. The molecule has 3 rings (SSSR count). The number of hydrogen-bond acceptors (Lipinski definition) is 6. The van der Waals surface area contributed by atoms with Crippen LogP contribution in [0.2, 0.25) is 0 Å². The summed E-state index contributed by atoms with van der Waals surface area (Å²) in [6, 6.07) is 12.0. The maximum Gasteiger partial charge on any atom is 0.222 e. The third kappa shape index (κ3) is 4.60. The molecule has 2 aromatic heterocycles. The lowest BCUT2D eigenvalue weighted by Crippen LogP contribution is -2.22. The number of hydrogen-bond donors (Lipinski definition) is 1. The van der Waals surface area contributed by atoms with Crippen molar-refractivity contribution < 1.29 is 4.74 Å². The minimum atomic E-state index is 0.259. The van der Waals surface area contributed by atoms with Crippen molar-refractivity contribution in [2.45, 2.75) is 26.7 Å². The molecule has 7 nitrogen and oxygen atoms in total. The fourth-order valence-electron chi connectivity index (χ4n) is 3.04. The summed E-state index contributed by atoms with van der Waals surface area (Å²) in [6.07, 6.45) is 1.75. The van der Waals surface area contributed by atoms with Gasteiger partial charge in [-0.1, -0.05) is 25.1 Å². The second-order valence-electron chi connectivity index (χ2n) is 6.86. The van der Waals surface area contributed by atoms with Crippen LogP contribution in [0.25, 0.3) is 11.4 Å². The molecule has 0 amide bonds. The number of aromatic nitrogens is 4.